The van der Waals surface area contributed by atoms with Gasteiger partial charge < -0.3 is 15.0 Å². The van der Waals surface area contributed by atoms with Gasteiger partial charge in [0, 0.05) is 19.0 Å². The standard InChI is InChI=1S/C15H25N3O5/c1-10(2)16-15(22)17-14(21)11(3)23-13(20)9-18-8-6-4-5-7-12(18)19/h10-11H,4-9H2,1-3H3,(H2,16,17,21,22)/t11-/m0/s1. The first-order chi connectivity index (χ1) is 10.8. The van der Waals surface area contributed by atoms with E-state index in [0.29, 0.717) is 13.0 Å². The lowest BCUT2D eigenvalue weighted by molar-refractivity contribution is -0.157. The van der Waals surface area contributed by atoms with E-state index < -0.39 is 24.0 Å². The van der Waals surface area contributed by atoms with Crippen LogP contribution in [0.4, 0.5) is 4.79 Å². The zero-order valence-corrected chi connectivity index (χ0v) is 13.9. The molecule has 4 amide bonds. The number of carbonyl (C=O) groups is 4. The Kier molecular flexibility index (Phi) is 7.50. The van der Waals surface area contributed by atoms with Crippen LogP contribution in [0.5, 0.6) is 0 Å². The number of hydrogen-bond acceptors (Lipinski definition) is 5. The van der Waals surface area contributed by atoms with Crippen LogP contribution in [0.2, 0.25) is 0 Å². The Bertz CT molecular complexity index is 464. The largest absolute Gasteiger partial charge is 0.451 e. The van der Waals surface area contributed by atoms with E-state index in [4.69, 9.17) is 4.74 Å². The number of amides is 4. The quantitative estimate of drug-likeness (QED) is 0.718. The third kappa shape index (κ3) is 7.12. The van der Waals surface area contributed by atoms with Gasteiger partial charge in [0.25, 0.3) is 5.91 Å². The van der Waals surface area contributed by atoms with E-state index in [2.05, 4.69) is 10.6 Å². The van der Waals surface area contributed by atoms with E-state index in [1.807, 2.05) is 0 Å². The Labute approximate surface area is 135 Å². The van der Waals surface area contributed by atoms with Gasteiger partial charge in [-0.25, -0.2) is 4.79 Å². The molecular weight excluding hydrogens is 302 g/mol. The van der Waals surface area contributed by atoms with Crippen molar-refractivity contribution in [3.8, 4) is 0 Å². The summed E-state index contributed by atoms with van der Waals surface area (Å²) in [5.74, 6) is -1.45. The van der Waals surface area contributed by atoms with Gasteiger partial charge in [0.15, 0.2) is 6.10 Å². The predicted octanol–water partition coefficient (Wildman–Crippen LogP) is 0.555. The maximum atomic E-state index is 11.9. The molecule has 0 radical (unpaired) electrons. The molecule has 1 rings (SSSR count). The Hall–Kier alpha value is -2.12. The molecule has 1 aliphatic heterocycles. The zero-order chi connectivity index (χ0) is 17.4. The molecule has 1 saturated heterocycles. The van der Waals surface area contributed by atoms with Gasteiger partial charge in [-0.2, -0.15) is 0 Å². The average molecular weight is 327 g/mol. The molecule has 0 aromatic heterocycles. The molecule has 23 heavy (non-hydrogen) atoms. The van der Waals surface area contributed by atoms with Crippen molar-refractivity contribution >= 4 is 23.8 Å². The highest BCUT2D eigenvalue weighted by atomic mass is 16.5. The van der Waals surface area contributed by atoms with E-state index >= 15 is 0 Å². The lowest BCUT2D eigenvalue weighted by Crippen LogP contribution is -2.47. The third-order valence-electron chi connectivity index (χ3n) is 3.33. The van der Waals surface area contributed by atoms with Gasteiger partial charge in [-0.1, -0.05) is 6.42 Å². The third-order valence-corrected chi connectivity index (χ3v) is 3.33. The fourth-order valence-corrected chi connectivity index (χ4v) is 2.16. The fraction of sp³-hybridized carbons (Fsp3) is 0.733. The Morgan fingerprint density at radius 3 is 2.52 bits per heavy atom. The monoisotopic (exact) mass is 327 g/mol. The first-order valence-corrected chi connectivity index (χ1v) is 7.88. The lowest BCUT2D eigenvalue weighted by Gasteiger charge is -2.20. The first kappa shape index (κ1) is 18.9. The number of carbonyl (C=O) groups excluding carboxylic acids is 4. The van der Waals surface area contributed by atoms with Gasteiger partial charge in [0.1, 0.15) is 6.54 Å². The van der Waals surface area contributed by atoms with Crippen LogP contribution < -0.4 is 10.6 Å². The number of rotatable bonds is 5. The Balaban J connectivity index is 2.41. The van der Waals surface area contributed by atoms with Crippen molar-refractivity contribution in [1.82, 2.24) is 15.5 Å². The van der Waals surface area contributed by atoms with E-state index in [1.54, 1.807) is 13.8 Å². The highest BCUT2D eigenvalue weighted by Crippen LogP contribution is 2.11. The molecule has 8 nitrogen and oxygen atoms in total. The second-order valence-electron chi connectivity index (χ2n) is 5.88. The summed E-state index contributed by atoms with van der Waals surface area (Å²) < 4.78 is 4.99. The minimum atomic E-state index is -1.11. The van der Waals surface area contributed by atoms with Crippen molar-refractivity contribution in [2.75, 3.05) is 13.1 Å². The van der Waals surface area contributed by atoms with Gasteiger partial charge >= 0.3 is 12.0 Å². The number of hydrogen-bond donors (Lipinski definition) is 2. The van der Waals surface area contributed by atoms with Gasteiger partial charge in [0.2, 0.25) is 5.91 Å². The molecule has 0 unspecified atom stereocenters. The second kappa shape index (κ2) is 9.12. The summed E-state index contributed by atoms with van der Waals surface area (Å²) in [6.45, 7) is 5.23. The smallest absolute Gasteiger partial charge is 0.326 e. The fourth-order valence-electron chi connectivity index (χ4n) is 2.16. The molecule has 8 heteroatoms. The highest BCUT2D eigenvalue weighted by Gasteiger charge is 2.24. The minimum Gasteiger partial charge on any atom is -0.451 e. The van der Waals surface area contributed by atoms with Crippen LogP contribution in [0.15, 0.2) is 0 Å². The molecule has 0 spiro atoms. The summed E-state index contributed by atoms with van der Waals surface area (Å²) >= 11 is 0. The summed E-state index contributed by atoms with van der Waals surface area (Å²) in [7, 11) is 0. The number of urea groups is 1. The Morgan fingerprint density at radius 2 is 1.87 bits per heavy atom. The van der Waals surface area contributed by atoms with E-state index in [1.165, 1.54) is 11.8 Å². The maximum absolute atomic E-state index is 11.9. The predicted molar refractivity (Wildman–Crippen MR) is 82.4 cm³/mol. The molecule has 130 valence electrons. The SMILES string of the molecule is CC(C)NC(=O)NC(=O)[C@H](C)OC(=O)CN1CCCCCC1=O. The van der Waals surface area contributed by atoms with Crippen LogP contribution >= 0.6 is 0 Å². The molecule has 0 bridgehead atoms. The molecular formula is C15H25N3O5. The minimum absolute atomic E-state index is 0.0761. The molecule has 1 fully saturated rings. The van der Waals surface area contributed by atoms with Gasteiger partial charge in [0.05, 0.1) is 0 Å². The summed E-state index contributed by atoms with van der Waals surface area (Å²) in [5.41, 5.74) is 0. The van der Waals surface area contributed by atoms with Gasteiger partial charge in [-0.3, -0.25) is 19.7 Å². The summed E-state index contributed by atoms with van der Waals surface area (Å²) in [6.07, 6.45) is 1.96. The average Bonchev–Trinajstić information content (AvgIpc) is 2.62. The molecule has 1 atom stereocenters. The molecule has 0 aliphatic carbocycles. The van der Waals surface area contributed by atoms with Crippen molar-refractivity contribution in [3.63, 3.8) is 0 Å². The topological polar surface area (TPSA) is 105 Å². The van der Waals surface area contributed by atoms with Crippen LogP contribution in [0.25, 0.3) is 0 Å². The number of ether oxygens (including phenoxy) is 1. The van der Waals surface area contributed by atoms with Crippen LogP contribution in [-0.4, -0.2) is 54.0 Å². The van der Waals surface area contributed by atoms with Crippen molar-refractivity contribution in [1.29, 1.82) is 0 Å². The summed E-state index contributed by atoms with van der Waals surface area (Å²) in [4.78, 5) is 48.3. The van der Waals surface area contributed by atoms with Crippen molar-refractivity contribution in [2.45, 2.75) is 58.6 Å². The van der Waals surface area contributed by atoms with E-state index in [-0.39, 0.29) is 18.5 Å². The van der Waals surface area contributed by atoms with Crippen molar-refractivity contribution in [3.05, 3.63) is 0 Å². The Morgan fingerprint density at radius 1 is 1.17 bits per heavy atom. The number of imide groups is 1. The van der Waals surface area contributed by atoms with Crippen molar-refractivity contribution < 1.29 is 23.9 Å². The number of likely N-dealkylation sites (tertiary alicyclic amines) is 1. The number of nitrogens with zero attached hydrogens (tertiary/aromatic N) is 1. The van der Waals surface area contributed by atoms with Gasteiger partial charge in [-0.05, 0) is 33.6 Å². The molecule has 1 aliphatic rings. The normalized spacial score (nSPS) is 16.5. The lowest BCUT2D eigenvalue weighted by atomic mass is 10.2. The van der Waals surface area contributed by atoms with Crippen molar-refractivity contribution in [2.24, 2.45) is 0 Å². The van der Waals surface area contributed by atoms with E-state index in [9.17, 15) is 19.2 Å². The first-order valence-electron chi connectivity index (χ1n) is 7.88. The number of nitrogens with one attached hydrogen (secondary N) is 2. The van der Waals surface area contributed by atoms with Crippen LogP contribution in [0, 0.1) is 0 Å². The zero-order valence-electron chi connectivity index (χ0n) is 13.9. The highest BCUT2D eigenvalue weighted by molar-refractivity contribution is 5.97. The van der Waals surface area contributed by atoms with Gasteiger partial charge in [-0.15, -0.1) is 0 Å². The van der Waals surface area contributed by atoms with Crippen LogP contribution in [-0.2, 0) is 19.1 Å². The summed E-state index contributed by atoms with van der Waals surface area (Å²) in [5, 5.41) is 4.59. The van der Waals surface area contributed by atoms with Crippen LogP contribution in [0.3, 0.4) is 0 Å². The van der Waals surface area contributed by atoms with Crippen LogP contribution in [0.1, 0.15) is 46.5 Å². The van der Waals surface area contributed by atoms with E-state index in [0.717, 1.165) is 19.3 Å². The second-order valence-corrected chi connectivity index (χ2v) is 5.88. The molecule has 0 aromatic carbocycles. The number of esters is 1. The molecule has 0 saturated carbocycles. The maximum Gasteiger partial charge on any atom is 0.326 e. The molecule has 1 heterocycles. The molecule has 2 N–H and O–H groups in total. The summed E-state index contributed by atoms with van der Waals surface area (Å²) in [6, 6.07) is -0.759. The molecule has 0 aromatic rings.